The smallest absolute Gasteiger partial charge is 0.184 e. The van der Waals surface area contributed by atoms with Crippen LogP contribution in [0.3, 0.4) is 0 Å². The number of halogens is 2. The summed E-state index contributed by atoms with van der Waals surface area (Å²) in [6.45, 7) is 0. The van der Waals surface area contributed by atoms with Crippen molar-refractivity contribution in [1.82, 2.24) is 5.43 Å². The molecule has 0 unspecified atom stereocenters. The molecule has 20 heavy (non-hydrogen) atoms. The summed E-state index contributed by atoms with van der Waals surface area (Å²) in [6.07, 6.45) is 0. The Balaban J connectivity index is 2.54. The van der Waals surface area contributed by atoms with Crippen LogP contribution in [0.15, 0.2) is 58.1 Å². The molecule has 0 fully saturated rings. The zero-order chi connectivity index (χ0) is 14.5. The molecule has 0 saturated carbocycles. The molecule has 0 spiro atoms. The Bertz CT molecular complexity index is 673. The minimum Gasteiger partial charge on any atom is -0.375 e. The lowest BCUT2D eigenvalue weighted by atomic mass is 10.0. The molecule has 0 atom stereocenters. The second-order valence-corrected chi connectivity index (χ2v) is 5.69. The number of thiocarbonyl (C=S) groups is 1. The molecule has 0 heterocycles. The zero-order valence-corrected chi connectivity index (χ0v) is 13.5. The predicted molar refractivity (Wildman–Crippen MR) is 91.2 cm³/mol. The third kappa shape index (κ3) is 3.79. The number of nitrogens with one attached hydrogen (secondary N) is 1. The molecule has 2 aromatic carbocycles. The highest BCUT2D eigenvalue weighted by Gasteiger charge is 2.11. The van der Waals surface area contributed by atoms with Crippen molar-refractivity contribution >= 4 is 50.6 Å². The van der Waals surface area contributed by atoms with Gasteiger partial charge in [-0.25, -0.2) is 0 Å². The number of nitrogens with two attached hydrogens (primary N) is 1. The van der Waals surface area contributed by atoms with Crippen molar-refractivity contribution in [2.75, 3.05) is 0 Å². The van der Waals surface area contributed by atoms with Crippen molar-refractivity contribution in [3.63, 3.8) is 0 Å². The van der Waals surface area contributed by atoms with Crippen LogP contribution < -0.4 is 11.2 Å². The predicted octanol–water partition coefficient (Wildman–Crippen LogP) is 3.69. The minimum absolute atomic E-state index is 0.101. The van der Waals surface area contributed by atoms with Gasteiger partial charge in [-0.15, -0.1) is 0 Å². The molecular formula is C14H11BrClN3S. The molecule has 0 aromatic heterocycles. The van der Waals surface area contributed by atoms with Gasteiger partial charge in [0.2, 0.25) is 0 Å². The van der Waals surface area contributed by atoms with Gasteiger partial charge < -0.3 is 5.73 Å². The number of benzene rings is 2. The Morgan fingerprint density at radius 3 is 2.60 bits per heavy atom. The lowest BCUT2D eigenvalue weighted by Gasteiger charge is -2.10. The number of rotatable bonds is 3. The molecule has 0 aliphatic rings. The molecule has 3 N–H and O–H groups in total. The van der Waals surface area contributed by atoms with Gasteiger partial charge in [0.1, 0.15) is 0 Å². The summed E-state index contributed by atoms with van der Waals surface area (Å²) in [4.78, 5) is 0. The molecule has 0 aliphatic carbocycles. The summed E-state index contributed by atoms with van der Waals surface area (Å²) < 4.78 is 0.949. The highest BCUT2D eigenvalue weighted by Crippen LogP contribution is 2.21. The van der Waals surface area contributed by atoms with Crippen LogP contribution in [0.25, 0.3) is 0 Å². The van der Waals surface area contributed by atoms with E-state index in [1.54, 1.807) is 0 Å². The number of hydrogen-bond donors (Lipinski definition) is 2. The molecule has 0 saturated heterocycles. The topological polar surface area (TPSA) is 50.4 Å². The molecular weight excluding hydrogens is 358 g/mol. The van der Waals surface area contributed by atoms with E-state index in [1.165, 1.54) is 0 Å². The molecule has 0 amide bonds. The summed E-state index contributed by atoms with van der Waals surface area (Å²) in [6, 6.07) is 15.2. The van der Waals surface area contributed by atoms with Crippen molar-refractivity contribution in [3.8, 4) is 0 Å². The largest absolute Gasteiger partial charge is 0.375 e. The molecule has 2 rings (SSSR count). The Kier molecular flexibility index (Phi) is 5.11. The SMILES string of the molecule is NC(=S)N/N=C(/c1cccc(Br)c1)c1ccccc1Cl. The lowest BCUT2D eigenvalue weighted by molar-refractivity contribution is 1.03. The first-order chi connectivity index (χ1) is 9.58. The average Bonchev–Trinajstić information content (AvgIpc) is 2.41. The molecule has 0 aliphatic heterocycles. The fraction of sp³-hybridized carbons (Fsp3) is 0. The van der Waals surface area contributed by atoms with Crippen LogP contribution in [-0.2, 0) is 0 Å². The number of nitrogens with zero attached hydrogens (tertiary/aromatic N) is 1. The summed E-state index contributed by atoms with van der Waals surface area (Å²) in [5.74, 6) is 0. The second kappa shape index (κ2) is 6.83. The second-order valence-electron chi connectivity index (χ2n) is 3.93. The molecule has 3 nitrogen and oxygen atoms in total. The van der Waals surface area contributed by atoms with Crippen LogP contribution in [-0.4, -0.2) is 10.8 Å². The molecule has 0 bridgehead atoms. The standard InChI is InChI=1S/C14H11BrClN3S/c15-10-5-3-4-9(8-10)13(18-19-14(17)20)11-6-1-2-7-12(11)16/h1-8H,(H3,17,19,20)/b18-13-. The summed E-state index contributed by atoms with van der Waals surface area (Å²) in [5.41, 5.74) is 10.4. The van der Waals surface area contributed by atoms with Gasteiger partial charge in [0.15, 0.2) is 5.11 Å². The van der Waals surface area contributed by atoms with E-state index in [2.05, 4.69) is 26.5 Å². The molecule has 6 heteroatoms. The van der Waals surface area contributed by atoms with E-state index in [4.69, 9.17) is 29.6 Å². The first-order valence-corrected chi connectivity index (χ1v) is 7.30. The van der Waals surface area contributed by atoms with Crippen molar-refractivity contribution in [1.29, 1.82) is 0 Å². The Labute approximate surface area is 136 Å². The van der Waals surface area contributed by atoms with Gasteiger partial charge in [0.05, 0.1) is 10.7 Å². The van der Waals surface area contributed by atoms with Gasteiger partial charge >= 0.3 is 0 Å². The van der Waals surface area contributed by atoms with Gasteiger partial charge in [-0.1, -0.05) is 57.9 Å². The average molecular weight is 369 g/mol. The third-order valence-corrected chi connectivity index (χ3v) is 3.42. The van der Waals surface area contributed by atoms with Crippen molar-refractivity contribution in [2.24, 2.45) is 10.8 Å². The van der Waals surface area contributed by atoms with E-state index in [-0.39, 0.29) is 5.11 Å². The Morgan fingerprint density at radius 1 is 1.20 bits per heavy atom. The monoisotopic (exact) mass is 367 g/mol. The van der Waals surface area contributed by atoms with Gasteiger partial charge in [-0.3, -0.25) is 5.43 Å². The summed E-state index contributed by atoms with van der Waals surface area (Å²) in [7, 11) is 0. The van der Waals surface area contributed by atoms with Crippen LogP contribution in [0.2, 0.25) is 5.02 Å². The zero-order valence-electron chi connectivity index (χ0n) is 10.3. The molecule has 2 aromatic rings. The highest BCUT2D eigenvalue weighted by molar-refractivity contribution is 9.10. The molecule has 0 radical (unpaired) electrons. The van der Waals surface area contributed by atoms with Gasteiger partial charge in [-0.05, 0) is 30.4 Å². The fourth-order valence-corrected chi connectivity index (χ4v) is 2.35. The van der Waals surface area contributed by atoms with Crippen molar-refractivity contribution in [3.05, 3.63) is 69.2 Å². The molecule has 102 valence electrons. The maximum Gasteiger partial charge on any atom is 0.184 e. The van der Waals surface area contributed by atoms with E-state index >= 15 is 0 Å². The maximum absolute atomic E-state index is 6.24. The normalized spacial score (nSPS) is 11.2. The minimum atomic E-state index is 0.101. The van der Waals surface area contributed by atoms with Crippen molar-refractivity contribution < 1.29 is 0 Å². The van der Waals surface area contributed by atoms with Crippen LogP contribution in [0.5, 0.6) is 0 Å². The van der Waals surface area contributed by atoms with Gasteiger partial charge in [0, 0.05) is 15.6 Å². The van der Waals surface area contributed by atoms with Crippen LogP contribution in [0.4, 0.5) is 0 Å². The van der Waals surface area contributed by atoms with Gasteiger partial charge in [0.25, 0.3) is 0 Å². The first-order valence-electron chi connectivity index (χ1n) is 5.72. The van der Waals surface area contributed by atoms with Crippen LogP contribution >= 0.6 is 39.7 Å². The lowest BCUT2D eigenvalue weighted by Crippen LogP contribution is -2.26. The number of hydrogen-bond acceptors (Lipinski definition) is 2. The number of hydrazone groups is 1. The highest BCUT2D eigenvalue weighted by atomic mass is 79.9. The van der Waals surface area contributed by atoms with E-state index in [9.17, 15) is 0 Å². The van der Waals surface area contributed by atoms with E-state index < -0.39 is 0 Å². The van der Waals surface area contributed by atoms with Crippen molar-refractivity contribution in [2.45, 2.75) is 0 Å². The summed E-state index contributed by atoms with van der Waals surface area (Å²) >= 11 is 14.5. The quantitative estimate of drug-likeness (QED) is 0.493. The Hall–Kier alpha value is -1.43. The fourth-order valence-electron chi connectivity index (χ4n) is 1.68. The Morgan fingerprint density at radius 2 is 1.95 bits per heavy atom. The van der Waals surface area contributed by atoms with Crippen LogP contribution in [0, 0.1) is 0 Å². The van der Waals surface area contributed by atoms with Crippen LogP contribution in [0.1, 0.15) is 11.1 Å². The summed E-state index contributed by atoms with van der Waals surface area (Å²) in [5, 5.41) is 4.97. The first kappa shape index (κ1) is 15.0. The van der Waals surface area contributed by atoms with E-state index in [0.29, 0.717) is 10.7 Å². The van der Waals surface area contributed by atoms with Gasteiger partial charge in [-0.2, -0.15) is 5.10 Å². The third-order valence-electron chi connectivity index (χ3n) is 2.50. The maximum atomic E-state index is 6.24. The van der Waals surface area contributed by atoms with E-state index in [0.717, 1.165) is 15.6 Å². The van der Waals surface area contributed by atoms with E-state index in [1.807, 2.05) is 48.5 Å².